The van der Waals surface area contributed by atoms with Crippen LogP contribution < -0.4 is 0 Å². The fourth-order valence-electron chi connectivity index (χ4n) is 3.56. The Labute approximate surface area is 170 Å². The van der Waals surface area contributed by atoms with Gasteiger partial charge in [-0.05, 0) is 73.3 Å². The number of carboxylic acids is 2. The van der Waals surface area contributed by atoms with E-state index in [0.717, 1.165) is 51.4 Å². The first-order valence-electron chi connectivity index (χ1n) is 10.5. The van der Waals surface area contributed by atoms with E-state index in [4.69, 9.17) is 10.2 Å². The molecule has 2 N–H and O–H groups in total. The van der Waals surface area contributed by atoms with Gasteiger partial charge in [-0.15, -0.1) is 0 Å². The van der Waals surface area contributed by atoms with E-state index in [1.54, 1.807) is 0 Å². The lowest BCUT2D eigenvalue weighted by Crippen LogP contribution is -2.14. The molecule has 1 rings (SSSR count). The average Bonchev–Trinajstić information content (AvgIpc) is 2.60. The van der Waals surface area contributed by atoms with E-state index >= 15 is 0 Å². The zero-order valence-electron chi connectivity index (χ0n) is 18.1. The summed E-state index contributed by atoms with van der Waals surface area (Å²) in [5.74, 6) is -1.43. The molecule has 1 aromatic carbocycles. The molecular formula is C24H38O4. The third-order valence-electron chi connectivity index (χ3n) is 5.69. The molecule has 1 aromatic rings. The number of aliphatic carboxylic acids is 2. The van der Waals surface area contributed by atoms with Crippen molar-refractivity contribution in [2.45, 2.75) is 91.9 Å². The van der Waals surface area contributed by atoms with E-state index in [9.17, 15) is 9.59 Å². The van der Waals surface area contributed by atoms with Crippen molar-refractivity contribution in [3.05, 3.63) is 35.4 Å². The minimum absolute atomic E-state index is 0.0752. The fraction of sp³-hybridized carbons (Fsp3) is 0.667. The molecule has 0 aliphatic heterocycles. The molecule has 0 amide bonds. The Hall–Kier alpha value is -1.84. The van der Waals surface area contributed by atoms with Crippen LogP contribution in [-0.4, -0.2) is 22.2 Å². The first kappa shape index (κ1) is 24.2. The first-order valence-corrected chi connectivity index (χ1v) is 10.5. The Balaban J connectivity index is 2.33. The highest BCUT2D eigenvalue weighted by molar-refractivity contribution is 5.66. The third kappa shape index (κ3) is 11.1. The van der Waals surface area contributed by atoms with Crippen molar-refractivity contribution in [3.63, 3.8) is 0 Å². The molecule has 0 saturated heterocycles. The predicted molar refractivity (Wildman–Crippen MR) is 114 cm³/mol. The molecule has 0 heterocycles. The first-order chi connectivity index (χ1) is 13.0. The van der Waals surface area contributed by atoms with Crippen molar-refractivity contribution in [2.24, 2.45) is 10.8 Å². The van der Waals surface area contributed by atoms with Gasteiger partial charge in [-0.1, -0.05) is 52.0 Å². The van der Waals surface area contributed by atoms with Crippen molar-refractivity contribution in [2.75, 3.05) is 0 Å². The summed E-state index contributed by atoms with van der Waals surface area (Å²) in [4.78, 5) is 21.5. The summed E-state index contributed by atoms with van der Waals surface area (Å²) < 4.78 is 0. The number of hydrogen-bond donors (Lipinski definition) is 2. The molecule has 4 nitrogen and oxygen atoms in total. The molecule has 0 aromatic heterocycles. The summed E-state index contributed by atoms with van der Waals surface area (Å²) in [5, 5.41) is 17.7. The van der Waals surface area contributed by atoms with Crippen molar-refractivity contribution >= 4 is 11.9 Å². The lowest BCUT2D eigenvalue weighted by Gasteiger charge is -2.24. The van der Waals surface area contributed by atoms with E-state index in [2.05, 4.69) is 52.0 Å². The topological polar surface area (TPSA) is 74.6 Å². The lowest BCUT2D eigenvalue weighted by molar-refractivity contribution is -0.138. The Morgan fingerprint density at radius 2 is 1.00 bits per heavy atom. The number of hydrogen-bond acceptors (Lipinski definition) is 2. The second kappa shape index (κ2) is 11.2. The van der Waals surface area contributed by atoms with E-state index in [1.165, 1.54) is 11.1 Å². The van der Waals surface area contributed by atoms with Gasteiger partial charge in [-0.25, -0.2) is 0 Å². The lowest BCUT2D eigenvalue weighted by atomic mass is 9.82. The van der Waals surface area contributed by atoms with E-state index < -0.39 is 11.9 Å². The molecule has 0 fully saturated rings. The maximum Gasteiger partial charge on any atom is 0.303 e. The molecule has 0 aliphatic carbocycles. The predicted octanol–water partition coefficient (Wildman–Crippen LogP) is 6.11. The summed E-state index contributed by atoms with van der Waals surface area (Å²) in [6.07, 6.45) is 8.21. The van der Waals surface area contributed by atoms with Crippen LogP contribution in [0.15, 0.2) is 24.3 Å². The van der Waals surface area contributed by atoms with E-state index in [1.807, 2.05) is 0 Å². The summed E-state index contributed by atoms with van der Waals surface area (Å²) in [5.41, 5.74) is 2.82. The number of rotatable bonds is 14. The third-order valence-corrected chi connectivity index (χ3v) is 5.69. The molecule has 158 valence electrons. The highest BCUT2D eigenvalue weighted by atomic mass is 16.4. The van der Waals surface area contributed by atoms with Crippen LogP contribution in [0.3, 0.4) is 0 Å². The van der Waals surface area contributed by atoms with E-state index in [0.29, 0.717) is 0 Å². The van der Waals surface area contributed by atoms with Crippen LogP contribution in [0.5, 0.6) is 0 Å². The maximum absolute atomic E-state index is 10.7. The molecule has 0 spiro atoms. The van der Waals surface area contributed by atoms with Gasteiger partial charge in [0.15, 0.2) is 0 Å². The molecule has 0 radical (unpaired) electrons. The Kier molecular flexibility index (Phi) is 9.71. The van der Waals surface area contributed by atoms with Crippen LogP contribution in [0, 0.1) is 10.8 Å². The van der Waals surface area contributed by atoms with Gasteiger partial charge in [0.1, 0.15) is 0 Å². The van der Waals surface area contributed by atoms with Gasteiger partial charge in [-0.3, -0.25) is 9.59 Å². The molecule has 0 bridgehead atoms. The monoisotopic (exact) mass is 390 g/mol. The summed E-state index contributed by atoms with van der Waals surface area (Å²) in [7, 11) is 0. The van der Waals surface area contributed by atoms with Crippen molar-refractivity contribution in [3.8, 4) is 0 Å². The number of carbonyl (C=O) groups is 2. The van der Waals surface area contributed by atoms with Crippen molar-refractivity contribution in [1.82, 2.24) is 0 Å². The van der Waals surface area contributed by atoms with Crippen molar-refractivity contribution in [1.29, 1.82) is 0 Å². The normalized spacial score (nSPS) is 12.1. The summed E-state index contributed by atoms with van der Waals surface area (Å²) in [6, 6.07) is 8.81. The zero-order chi connectivity index (χ0) is 21.2. The van der Waals surface area contributed by atoms with Crippen LogP contribution in [0.2, 0.25) is 0 Å². The van der Waals surface area contributed by atoms with Crippen LogP contribution >= 0.6 is 0 Å². The Bertz CT molecular complexity index is 559. The minimum atomic E-state index is -0.714. The van der Waals surface area contributed by atoms with Gasteiger partial charge >= 0.3 is 11.9 Å². The van der Waals surface area contributed by atoms with Crippen LogP contribution in [0.1, 0.15) is 90.2 Å². The van der Waals surface area contributed by atoms with Gasteiger partial charge in [0.25, 0.3) is 0 Å². The number of aryl methyl sites for hydroxylation is 2. The molecule has 28 heavy (non-hydrogen) atoms. The maximum atomic E-state index is 10.7. The molecule has 0 unspecified atom stereocenters. The molecule has 4 heteroatoms. The number of benzene rings is 1. The highest BCUT2D eigenvalue weighted by Gasteiger charge is 2.19. The van der Waals surface area contributed by atoms with Gasteiger partial charge in [0.05, 0.1) is 0 Å². The summed E-state index contributed by atoms with van der Waals surface area (Å²) >= 11 is 0. The zero-order valence-corrected chi connectivity index (χ0v) is 18.1. The quantitative estimate of drug-likeness (QED) is 0.401. The standard InChI is InChI=1S/C24H38O4/c1-23(2,17-13-21(25)26)15-5-7-19-9-11-20(12-10-19)8-6-16-24(3,4)18-14-22(27)28/h9-12H,5-8,13-18H2,1-4H3,(H,25,26)(H,27,28). The van der Waals surface area contributed by atoms with Crippen LogP contribution in [0.25, 0.3) is 0 Å². The van der Waals surface area contributed by atoms with Gasteiger partial charge in [-0.2, -0.15) is 0 Å². The molecule has 0 saturated carbocycles. The Morgan fingerprint density at radius 3 is 1.29 bits per heavy atom. The molecular weight excluding hydrogens is 352 g/mol. The van der Waals surface area contributed by atoms with Crippen molar-refractivity contribution < 1.29 is 19.8 Å². The minimum Gasteiger partial charge on any atom is -0.481 e. The van der Waals surface area contributed by atoms with Crippen LogP contribution in [0.4, 0.5) is 0 Å². The van der Waals surface area contributed by atoms with Gasteiger partial charge in [0.2, 0.25) is 0 Å². The molecule has 0 aliphatic rings. The smallest absolute Gasteiger partial charge is 0.303 e. The number of carboxylic acid groups (broad SMARTS) is 2. The summed E-state index contributed by atoms with van der Waals surface area (Å²) in [6.45, 7) is 8.60. The largest absolute Gasteiger partial charge is 0.481 e. The van der Waals surface area contributed by atoms with Gasteiger partial charge < -0.3 is 10.2 Å². The fourth-order valence-corrected chi connectivity index (χ4v) is 3.56. The average molecular weight is 391 g/mol. The SMILES string of the molecule is CC(C)(CCCc1ccc(CCCC(C)(C)CCC(=O)O)cc1)CCC(=O)O. The van der Waals surface area contributed by atoms with Crippen LogP contribution in [-0.2, 0) is 22.4 Å². The van der Waals surface area contributed by atoms with E-state index in [-0.39, 0.29) is 23.7 Å². The second-order valence-electron chi connectivity index (χ2n) is 9.64. The van der Waals surface area contributed by atoms with Gasteiger partial charge in [0, 0.05) is 12.8 Å². The Morgan fingerprint density at radius 1 is 0.679 bits per heavy atom. The second-order valence-corrected chi connectivity index (χ2v) is 9.64. The highest BCUT2D eigenvalue weighted by Crippen LogP contribution is 2.30. The molecule has 0 atom stereocenters.